The number of benzene rings is 2. The average molecular weight is 435 g/mol. The Balaban J connectivity index is 1.47. The summed E-state index contributed by atoms with van der Waals surface area (Å²) < 4.78 is 5.39. The highest BCUT2D eigenvalue weighted by atomic mass is 16.7. The molecule has 1 aliphatic heterocycles. The van der Waals surface area contributed by atoms with Gasteiger partial charge in [-0.15, -0.1) is 0 Å². The van der Waals surface area contributed by atoms with Crippen molar-refractivity contribution in [3.63, 3.8) is 0 Å². The third-order valence-electron chi connectivity index (χ3n) is 5.45. The smallest absolute Gasteiger partial charge is 0.434 e. The molecule has 3 aromatic rings. The minimum Gasteiger partial charge on any atom is -0.443 e. The number of hydrogen-bond donors (Lipinski definition) is 0. The monoisotopic (exact) mass is 435 g/mol. The van der Waals surface area contributed by atoms with Crippen LogP contribution in [0, 0.1) is 0 Å². The SMILES string of the molecule is CC1ON(C(=O)OCc2ccccc2)CCN(C(=O)c2ccccc2-n2nccn2)C1C. The van der Waals surface area contributed by atoms with E-state index in [2.05, 4.69) is 10.2 Å². The lowest BCUT2D eigenvalue weighted by Crippen LogP contribution is -2.44. The number of hydrogen-bond acceptors (Lipinski definition) is 6. The Morgan fingerprint density at radius 3 is 2.44 bits per heavy atom. The fraction of sp³-hybridized carbons (Fsp3) is 0.304. The zero-order valence-electron chi connectivity index (χ0n) is 18.0. The number of amides is 2. The van der Waals surface area contributed by atoms with Gasteiger partial charge in [0.15, 0.2) is 0 Å². The van der Waals surface area contributed by atoms with E-state index in [1.54, 1.807) is 35.5 Å². The van der Waals surface area contributed by atoms with Crippen LogP contribution in [-0.4, -0.2) is 62.2 Å². The summed E-state index contributed by atoms with van der Waals surface area (Å²) in [6.07, 6.45) is 2.12. The lowest BCUT2D eigenvalue weighted by molar-refractivity contribution is -0.166. The first-order chi connectivity index (χ1) is 15.5. The van der Waals surface area contributed by atoms with Crippen LogP contribution in [0.5, 0.6) is 0 Å². The van der Waals surface area contributed by atoms with Gasteiger partial charge in [-0.05, 0) is 31.5 Å². The van der Waals surface area contributed by atoms with Gasteiger partial charge in [-0.1, -0.05) is 42.5 Å². The van der Waals surface area contributed by atoms with E-state index in [0.717, 1.165) is 5.56 Å². The Morgan fingerprint density at radius 1 is 1.00 bits per heavy atom. The average Bonchev–Trinajstić information content (AvgIpc) is 3.32. The van der Waals surface area contributed by atoms with Crippen LogP contribution in [0.4, 0.5) is 4.79 Å². The lowest BCUT2D eigenvalue weighted by Gasteiger charge is -2.29. The third-order valence-corrected chi connectivity index (χ3v) is 5.45. The molecule has 0 saturated carbocycles. The van der Waals surface area contributed by atoms with Crippen molar-refractivity contribution in [2.24, 2.45) is 0 Å². The quantitative estimate of drug-likeness (QED) is 0.626. The van der Waals surface area contributed by atoms with Crippen molar-refractivity contribution in [3.05, 3.63) is 78.1 Å². The first-order valence-corrected chi connectivity index (χ1v) is 10.5. The molecule has 2 unspecified atom stereocenters. The van der Waals surface area contributed by atoms with Crippen LogP contribution in [0.2, 0.25) is 0 Å². The molecule has 1 aromatic heterocycles. The van der Waals surface area contributed by atoms with Crippen LogP contribution < -0.4 is 0 Å². The summed E-state index contributed by atoms with van der Waals surface area (Å²) in [5.41, 5.74) is 1.95. The summed E-state index contributed by atoms with van der Waals surface area (Å²) in [6.45, 7) is 4.36. The summed E-state index contributed by atoms with van der Waals surface area (Å²) in [5.74, 6) is -0.180. The highest BCUT2D eigenvalue weighted by Gasteiger charge is 2.34. The predicted octanol–water partition coefficient (Wildman–Crippen LogP) is 3.07. The number of carbonyl (C=O) groups excluding carboxylic acids is 2. The second-order valence-corrected chi connectivity index (χ2v) is 7.53. The molecule has 2 atom stereocenters. The number of carbonyl (C=O) groups is 2. The summed E-state index contributed by atoms with van der Waals surface area (Å²) in [6, 6.07) is 16.3. The van der Waals surface area contributed by atoms with Crippen LogP contribution in [0.25, 0.3) is 5.69 Å². The van der Waals surface area contributed by atoms with Crippen molar-refractivity contribution in [1.29, 1.82) is 0 Å². The van der Waals surface area contributed by atoms with E-state index < -0.39 is 12.2 Å². The molecule has 166 valence electrons. The van der Waals surface area contributed by atoms with E-state index in [1.807, 2.05) is 50.2 Å². The molecule has 32 heavy (non-hydrogen) atoms. The topological polar surface area (TPSA) is 89.8 Å². The third kappa shape index (κ3) is 4.62. The lowest BCUT2D eigenvalue weighted by atomic mass is 10.1. The largest absolute Gasteiger partial charge is 0.443 e. The minimum atomic E-state index is -0.580. The Labute approximate surface area is 186 Å². The van der Waals surface area contributed by atoms with Gasteiger partial charge in [0.05, 0.1) is 36.2 Å². The van der Waals surface area contributed by atoms with E-state index >= 15 is 0 Å². The molecule has 1 saturated heterocycles. The Morgan fingerprint density at radius 2 is 1.69 bits per heavy atom. The standard InChI is InChI=1S/C23H25N5O4/c1-17-18(2)32-27(23(30)31-16-19-8-4-3-5-9-19)15-14-26(17)22(29)20-10-6-7-11-21(20)28-24-12-13-25-28/h3-13,17-18H,14-16H2,1-2H3. The summed E-state index contributed by atoms with van der Waals surface area (Å²) in [5, 5.41) is 9.49. The molecular weight excluding hydrogens is 410 g/mol. The maximum absolute atomic E-state index is 13.5. The van der Waals surface area contributed by atoms with E-state index in [1.165, 1.54) is 9.86 Å². The van der Waals surface area contributed by atoms with Crippen molar-refractivity contribution in [2.75, 3.05) is 13.1 Å². The molecule has 0 spiro atoms. The second-order valence-electron chi connectivity index (χ2n) is 7.53. The van der Waals surface area contributed by atoms with Crippen LogP contribution >= 0.6 is 0 Å². The zero-order valence-corrected chi connectivity index (χ0v) is 18.0. The van der Waals surface area contributed by atoms with E-state index in [0.29, 0.717) is 17.8 Å². The second kappa shape index (κ2) is 9.61. The molecule has 0 bridgehead atoms. The van der Waals surface area contributed by atoms with Crippen molar-refractivity contribution in [2.45, 2.75) is 32.6 Å². The number of para-hydroxylation sites is 1. The first kappa shape index (κ1) is 21.5. The predicted molar refractivity (Wildman–Crippen MR) is 116 cm³/mol. The highest BCUT2D eigenvalue weighted by Crippen LogP contribution is 2.21. The molecule has 1 fully saturated rings. The molecule has 9 nitrogen and oxygen atoms in total. The van der Waals surface area contributed by atoms with Crippen molar-refractivity contribution >= 4 is 12.0 Å². The van der Waals surface area contributed by atoms with Crippen LogP contribution in [0.3, 0.4) is 0 Å². The number of hydroxylamine groups is 2. The zero-order chi connectivity index (χ0) is 22.5. The van der Waals surface area contributed by atoms with Gasteiger partial charge in [0.25, 0.3) is 5.91 Å². The molecule has 4 rings (SSSR count). The van der Waals surface area contributed by atoms with Gasteiger partial charge in [-0.2, -0.15) is 20.1 Å². The van der Waals surface area contributed by atoms with Gasteiger partial charge >= 0.3 is 6.09 Å². The first-order valence-electron chi connectivity index (χ1n) is 10.5. The van der Waals surface area contributed by atoms with Gasteiger partial charge in [-0.3, -0.25) is 9.63 Å². The van der Waals surface area contributed by atoms with Gasteiger partial charge < -0.3 is 9.64 Å². The van der Waals surface area contributed by atoms with Crippen molar-refractivity contribution in [1.82, 2.24) is 25.0 Å². The maximum atomic E-state index is 13.5. The number of ether oxygens (including phenoxy) is 1. The van der Waals surface area contributed by atoms with E-state index in [-0.39, 0.29) is 25.1 Å². The molecule has 2 heterocycles. The Bertz CT molecular complexity index is 1060. The molecule has 0 radical (unpaired) electrons. The number of aromatic nitrogens is 3. The fourth-order valence-electron chi connectivity index (χ4n) is 3.53. The van der Waals surface area contributed by atoms with Crippen molar-refractivity contribution in [3.8, 4) is 5.69 Å². The Hall–Kier alpha value is -3.72. The van der Waals surface area contributed by atoms with Gasteiger partial charge in [-0.25, -0.2) is 4.79 Å². The number of rotatable bonds is 4. The molecule has 2 amide bonds. The molecule has 0 N–H and O–H groups in total. The van der Waals surface area contributed by atoms with Gasteiger partial charge in [0.1, 0.15) is 12.7 Å². The molecular formula is C23H25N5O4. The van der Waals surface area contributed by atoms with E-state index in [9.17, 15) is 9.59 Å². The van der Waals surface area contributed by atoms with Crippen LogP contribution in [-0.2, 0) is 16.2 Å². The normalized spacial score (nSPS) is 18.8. The van der Waals surface area contributed by atoms with E-state index in [4.69, 9.17) is 9.57 Å². The number of nitrogens with zero attached hydrogens (tertiary/aromatic N) is 5. The minimum absolute atomic E-state index is 0.149. The molecule has 2 aromatic carbocycles. The van der Waals surface area contributed by atoms with Crippen LogP contribution in [0.1, 0.15) is 29.8 Å². The van der Waals surface area contributed by atoms with Gasteiger partial charge in [0.2, 0.25) is 0 Å². The van der Waals surface area contributed by atoms with Crippen molar-refractivity contribution < 1.29 is 19.2 Å². The Kier molecular flexibility index (Phi) is 6.46. The van der Waals surface area contributed by atoms with Gasteiger partial charge in [0, 0.05) is 6.54 Å². The summed E-state index contributed by atoms with van der Waals surface area (Å²) >= 11 is 0. The van der Waals surface area contributed by atoms with Crippen LogP contribution in [0.15, 0.2) is 67.0 Å². The maximum Gasteiger partial charge on any atom is 0.434 e. The molecule has 0 aliphatic carbocycles. The summed E-state index contributed by atoms with van der Waals surface area (Å²) in [4.78, 5) is 35.0. The molecule has 9 heteroatoms. The highest BCUT2D eigenvalue weighted by molar-refractivity contribution is 5.98. The molecule has 1 aliphatic rings. The fourth-order valence-corrected chi connectivity index (χ4v) is 3.53. The summed E-state index contributed by atoms with van der Waals surface area (Å²) in [7, 11) is 0.